The molecule has 0 atom stereocenters. The Balaban J connectivity index is 2.90. The van der Waals surface area contributed by atoms with Crippen LogP contribution in [-0.2, 0) is 15.9 Å². The standard InChI is InChI=1S/C8H10ClNO2S/c1-13(11,12)10-8-4-2-3-7(5-8)6-9/h2-5,10H,6H2,1H3. The molecule has 0 radical (unpaired) electrons. The van der Waals surface area contributed by atoms with Crippen LogP contribution >= 0.6 is 11.6 Å². The minimum atomic E-state index is -3.20. The molecule has 1 aromatic rings. The summed E-state index contributed by atoms with van der Waals surface area (Å²) >= 11 is 5.59. The molecule has 72 valence electrons. The van der Waals surface area contributed by atoms with E-state index < -0.39 is 10.0 Å². The summed E-state index contributed by atoms with van der Waals surface area (Å²) < 4.78 is 24.1. The van der Waals surface area contributed by atoms with Crippen molar-refractivity contribution >= 4 is 27.3 Å². The van der Waals surface area contributed by atoms with E-state index in [0.717, 1.165) is 11.8 Å². The molecule has 3 nitrogen and oxygen atoms in total. The first-order valence-corrected chi connectivity index (χ1v) is 6.06. The molecule has 0 aliphatic rings. The zero-order valence-electron chi connectivity index (χ0n) is 7.12. The lowest BCUT2D eigenvalue weighted by molar-refractivity contribution is 0.607. The maximum Gasteiger partial charge on any atom is 0.229 e. The average molecular weight is 220 g/mol. The number of anilines is 1. The van der Waals surface area contributed by atoms with Gasteiger partial charge in [0.2, 0.25) is 10.0 Å². The lowest BCUT2D eigenvalue weighted by Gasteiger charge is -2.04. The quantitative estimate of drug-likeness (QED) is 0.788. The van der Waals surface area contributed by atoms with Crippen LogP contribution in [0.4, 0.5) is 5.69 Å². The Bertz CT molecular complexity index is 389. The average Bonchev–Trinajstić information content (AvgIpc) is 2.01. The van der Waals surface area contributed by atoms with E-state index in [-0.39, 0.29) is 0 Å². The smallest absolute Gasteiger partial charge is 0.229 e. The third kappa shape index (κ3) is 3.65. The number of nitrogens with one attached hydrogen (secondary N) is 1. The van der Waals surface area contributed by atoms with Gasteiger partial charge in [0.05, 0.1) is 6.26 Å². The lowest BCUT2D eigenvalue weighted by Crippen LogP contribution is -2.09. The van der Waals surface area contributed by atoms with Crippen LogP contribution < -0.4 is 4.72 Å². The topological polar surface area (TPSA) is 46.2 Å². The van der Waals surface area contributed by atoms with Gasteiger partial charge in [0.25, 0.3) is 0 Å². The molecular weight excluding hydrogens is 210 g/mol. The summed E-state index contributed by atoms with van der Waals surface area (Å²) in [4.78, 5) is 0. The van der Waals surface area contributed by atoms with Crippen molar-refractivity contribution in [1.82, 2.24) is 0 Å². The van der Waals surface area contributed by atoms with Crippen LogP contribution in [0.1, 0.15) is 5.56 Å². The van der Waals surface area contributed by atoms with E-state index in [1.54, 1.807) is 18.2 Å². The summed E-state index contributed by atoms with van der Waals surface area (Å²) in [7, 11) is -3.20. The van der Waals surface area contributed by atoms with Gasteiger partial charge >= 0.3 is 0 Å². The van der Waals surface area contributed by atoms with Gasteiger partial charge in [-0.05, 0) is 17.7 Å². The number of halogens is 1. The number of sulfonamides is 1. The van der Waals surface area contributed by atoms with Crippen molar-refractivity contribution in [1.29, 1.82) is 0 Å². The van der Waals surface area contributed by atoms with E-state index in [0.29, 0.717) is 11.6 Å². The minimum Gasteiger partial charge on any atom is -0.284 e. The van der Waals surface area contributed by atoms with E-state index >= 15 is 0 Å². The minimum absolute atomic E-state index is 0.374. The van der Waals surface area contributed by atoms with Gasteiger partial charge in [-0.3, -0.25) is 4.72 Å². The highest BCUT2D eigenvalue weighted by atomic mass is 35.5. The molecule has 0 aliphatic carbocycles. The van der Waals surface area contributed by atoms with Gasteiger partial charge in [0.15, 0.2) is 0 Å². The SMILES string of the molecule is CS(=O)(=O)Nc1cccc(CCl)c1. The van der Waals surface area contributed by atoms with Crippen LogP contribution in [0.25, 0.3) is 0 Å². The second-order valence-corrected chi connectivity index (χ2v) is 4.72. The number of benzene rings is 1. The van der Waals surface area contributed by atoms with Gasteiger partial charge < -0.3 is 0 Å². The lowest BCUT2D eigenvalue weighted by atomic mass is 10.2. The molecule has 0 aromatic heterocycles. The summed E-state index contributed by atoms with van der Waals surface area (Å²) in [5, 5.41) is 0. The highest BCUT2D eigenvalue weighted by molar-refractivity contribution is 7.92. The molecule has 1 aromatic carbocycles. The Morgan fingerprint density at radius 3 is 2.69 bits per heavy atom. The highest BCUT2D eigenvalue weighted by Crippen LogP contribution is 2.13. The van der Waals surface area contributed by atoms with E-state index in [1.807, 2.05) is 6.07 Å². The van der Waals surface area contributed by atoms with Gasteiger partial charge in [-0.15, -0.1) is 11.6 Å². The summed E-state index contributed by atoms with van der Waals surface area (Å²) in [6.45, 7) is 0. The van der Waals surface area contributed by atoms with Gasteiger partial charge in [0, 0.05) is 11.6 Å². The molecule has 0 amide bonds. The van der Waals surface area contributed by atoms with Crippen LogP contribution in [0.5, 0.6) is 0 Å². The molecule has 0 fully saturated rings. The predicted molar refractivity (Wildman–Crippen MR) is 54.5 cm³/mol. The molecule has 0 bridgehead atoms. The van der Waals surface area contributed by atoms with Crippen molar-refractivity contribution in [2.45, 2.75) is 5.88 Å². The van der Waals surface area contributed by atoms with Crippen molar-refractivity contribution in [3.8, 4) is 0 Å². The third-order valence-corrected chi connectivity index (χ3v) is 2.30. The molecule has 0 saturated heterocycles. The Morgan fingerprint density at radius 2 is 2.15 bits per heavy atom. The molecule has 5 heteroatoms. The molecule has 1 N–H and O–H groups in total. The monoisotopic (exact) mass is 219 g/mol. The summed E-state index contributed by atoms with van der Waals surface area (Å²) in [5.74, 6) is 0.374. The Morgan fingerprint density at radius 1 is 1.46 bits per heavy atom. The van der Waals surface area contributed by atoms with Gasteiger partial charge in [-0.25, -0.2) is 8.42 Å². The molecule has 0 unspecified atom stereocenters. The zero-order chi connectivity index (χ0) is 9.90. The summed E-state index contributed by atoms with van der Waals surface area (Å²) in [5.41, 5.74) is 1.43. The second kappa shape index (κ2) is 3.98. The molecule has 1 rings (SSSR count). The summed E-state index contributed by atoms with van der Waals surface area (Å²) in [6, 6.07) is 6.97. The normalized spacial score (nSPS) is 11.2. The van der Waals surface area contributed by atoms with E-state index in [9.17, 15) is 8.42 Å². The molecule has 0 spiro atoms. The van der Waals surface area contributed by atoms with Crippen molar-refractivity contribution < 1.29 is 8.42 Å². The van der Waals surface area contributed by atoms with Gasteiger partial charge in [0.1, 0.15) is 0 Å². The van der Waals surface area contributed by atoms with Crippen LogP contribution in [0.15, 0.2) is 24.3 Å². The highest BCUT2D eigenvalue weighted by Gasteiger charge is 2.01. The maximum absolute atomic E-state index is 10.9. The first kappa shape index (κ1) is 10.3. The number of hydrogen-bond donors (Lipinski definition) is 1. The fraction of sp³-hybridized carbons (Fsp3) is 0.250. The molecule has 0 aliphatic heterocycles. The number of alkyl halides is 1. The third-order valence-electron chi connectivity index (χ3n) is 1.38. The fourth-order valence-electron chi connectivity index (χ4n) is 0.932. The molecule has 0 heterocycles. The van der Waals surface area contributed by atoms with Crippen molar-refractivity contribution in [2.75, 3.05) is 11.0 Å². The van der Waals surface area contributed by atoms with Crippen molar-refractivity contribution in [3.05, 3.63) is 29.8 Å². The largest absolute Gasteiger partial charge is 0.284 e. The number of hydrogen-bond acceptors (Lipinski definition) is 2. The van der Waals surface area contributed by atoms with Crippen LogP contribution in [0.2, 0.25) is 0 Å². The predicted octanol–water partition coefficient (Wildman–Crippen LogP) is 1.80. The van der Waals surface area contributed by atoms with Crippen LogP contribution in [0.3, 0.4) is 0 Å². The maximum atomic E-state index is 10.9. The van der Waals surface area contributed by atoms with Gasteiger partial charge in [-0.2, -0.15) is 0 Å². The van der Waals surface area contributed by atoms with E-state index in [4.69, 9.17) is 11.6 Å². The summed E-state index contributed by atoms with van der Waals surface area (Å²) in [6.07, 6.45) is 1.11. The van der Waals surface area contributed by atoms with Crippen molar-refractivity contribution in [3.63, 3.8) is 0 Å². The fourth-order valence-corrected chi connectivity index (χ4v) is 1.65. The zero-order valence-corrected chi connectivity index (χ0v) is 8.69. The molecule has 0 saturated carbocycles. The second-order valence-electron chi connectivity index (χ2n) is 2.71. The first-order chi connectivity index (χ1) is 6.01. The van der Waals surface area contributed by atoms with Crippen molar-refractivity contribution in [2.24, 2.45) is 0 Å². The molecular formula is C8H10ClNO2S. The Kier molecular flexibility index (Phi) is 3.17. The Labute approximate surface area is 82.8 Å². The first-order valence-electron chi connectivity index (χ1n) is 3.64. The Hall–Kier alpha value is -0.740. The van der Waals surface area contributed by atoms with Gasteiger partial charge in [-0.1, -0.05) is 12.1 Å². The van der Waals surface area contributed by atoms with E-state index in [1.165, 1.54) is 0 Å². The van der Waals surface area contributed by atoms with Crippen LogP contribution in [0, 0.1) is 0 Å². The molecule has 13 heavy (non-hydrogen) atoms. The van der Waals surface area contributed by atoms with Crippen LogP contribution in [-0.4, -0.2) is 14.7 Å². The van der Waals surface area contributed by atoms with E-state index in [2.05, 4.69) is 4.72 Å². The number of rotatable bonds is 3.